The van der Waals surface area contributed by atoms with Gasteiger partial charge in [-0.15, -0.1) is 0 Å². The van der Waals surface area contributed by atoms with Gasteiger partial charge in [0.15, 0.2) is 15.0 Å². The third kappa shape index (κ3) is 4.35. The molecule has 3 aliphatic rings. The van der Waals surface area contributed by atoms with E-state index in [2.05, 4.69) is 4.99 Å². The fraction of sp³-hybridized carbons (Fsp3) is 0.579. The van der Waals surface area contributed by atoms with Crippen LogP contribution in [0.4, 0.5) is 0 Å². The van der Waals surface area contributed by atoms with Crippen LogP contribution in [0.25, 0.3) is 0 Å². The summed E-state index contributed by atoms with van der Waals surface area (Å²) < 4.78 is 24.2. The van der Waals surface area contributed by atoms with E-state index in [0.717, 1.165) is 31.2 Å². The molecule has 4 rings (SSSR count). The highest BCUT2D eigenvalue weighted by molar-refractivity contribution is 8.15. The molecule has 0 unspecified atom stereocenters. The number of fused-ring (bicyclic) bond motifs is 1. The van der Waals surface area contributed by atoms with Crippen LogP contribution in [0, 0.1) is 5.92 Å². The molecule has 146 valence electrons. The summed E-state index contributed by atoms with van der Waals surface area (Å²) in [5, 5.41) is 1.31. The standard InChI is InChI=1S/C19H23ClN2O3S2/c20-15-8-6-13(7-9-15)10-22-16-11-27(24,25)12-17(16)26-19(22)21-18(23)14-4-2-1-3-5-14/h6-9,14,16-17H,1-5,10-12H2/t16-,17+/m1/s1. The first-order valence-corrected chi connectivity index (χ1v) is 12.5. The van der Waals surface area contributed by atoms with Gasteiger partial charge in [-0.25, -0.2) is 8.42 Å². The first-order chi connectivity index (χ1) is 12.9. The average Bonchev–Trinajstić information content (AvgIpc) is 3.10. The van der Waals surface area contributed by atoms with E-state index in [1.165, 1.54) is 18.2 Å². The molecule has 1 aromatic carbocycles. The summed E-state index contributed by atoms with van der Waals surface area (Å²) in [7, 11) is -3.03. The maximum Gasteiger partial charge on any atom is 0.251 e. The summed E-state index contributed by atoms with van der Waals surface area (Å²) in [5.74, 6) is 0.278. The summed E-state index contributed by atoms with van der Waals surface area (Å²) in [5.41, 5.74) is 1.03. The Morgan fingerprint density at radius 3 is 2.56 bits per heavy atom. The molecule has 1 aromatic rings. The molecule has 5 nitrogen and oxygen atoms in total. The lowest BCUT2D eigenvalue weighted by Gasteiger charge is -2.25. The van der Waals surface area contributed by atoms with E-state index >= 15 is 0 Å². The molecule has 1 amide bonds. The maximum absolute atomic E-state index is 12.7. The van der Waals surface area contributed by atoms with Crippen LogP contribution in [0.5, 0.6) is 0 Å². The molecule has 27 heavy (non-hydrogen) atoms. The molecular formula is C19H23ClN2O3S2. The van der Waals surface area contributed by atoms with Crippen molar-refractivity contribution in [1.29, 1.82) is 0 Å². The number of nitrogens with zero attached hydrogens (tertiary/aromatic N) is 2. The van der Waals surface area contributed by atoms with Crippen molar-refractivity contribution in [2.24, 2.45) is 10.9 Å². The zero-order chi connectivity index (χ0) is 19.0. The number of amidine groups is 1. The van der Waals surface area contributed by atoms with Crippen molar-refractivity contribution < 1.29 is 13.2 Å². The van der Waals surface area contributed by atoms with Gasteiger partial charge in [0, 0.05) is 22.7 Å². The lowest BCUT2D eigenvalue weighted by atomic mass is 9.89. The highest BCUT2D eigenvalue weighted by atomic mass is 35.5. The summed E-state index contributed by atoms with van der Waals surface area (Å²) in [6.45, 7) is 0.539. The molecule has 0 N–H and O–H groups in total. The Kier molecular flexibility index (Phi) is 5.54. The number of thioether (sulfide) groups is 1. The normalized spacial score (nSPS) is 29.2. The number of sulfone groups is 1. The Labute approximate surface area is 169 Å². The van der Waals surface area contributed by atoms with Gasteiger partial charge in [-0.05, 0) is 30.5 Å². The molecule has 0 bridgehead atoms. The van der Waals surface area contributed by atoms with Gasteiger partial charge in [0.1, 0.15) is 0 Å². The lowest BCUT2D eigenvalue weighted by Crippen LogP contribution is -2.37. The minimum atomic E-state index is -3.03. The lowest BCUT2D eigenvalue weighted by molar-refractivity contribution is -0.122. The van der Waals surface area contributed by atoms with Gasteiger partial charge < -0.3 is 4.90 Å². The fourth-order valence-corrected chi connectivity index (χ4v) is 8.22. The number of hydrogen-bond donors (Lipinski definition) is 0. The SMILES string of the molecule is O=C(N=C1S[C@H]2CS(=O)(=O)C[C@H]2N1Cc1ccc(Cl)cc1)C1CCCCC1. The Hall–Kier alpha value is -1.05. The fourth-order valence-electron chi connectivity index (χ4n) is 4.14. The van der Waals surface area contributed by atoms with Gasteiger partial charge in [-0.1, -0.05) is 54.8 Å². The zero-order valence-electron chi connectivity index (χ0n) is 15.0. The van der Waals surface area contributed by atoms with Gasteiger partial charge in [0.2, 0.25) is 0 Å². The molecule has 1 saturated carbocycles. The highest BCUT2D eigenvalue weighted by Gasteiger charge is 2.48. The number of amides is 1. The van der Waals surface area contributed by atoms with E-state index in [4.69, 9.17) is 11.6 Å². The van der Waals surface area contributed by atoms with Gasteiger partial charge >= 0.3 is 0 Å². The second-order valence-electron chi connectivity index (χ2n) is 7.62. The van der Waals surface area contributed by atoms with E-state index in [1.807, 2.05) is 29.2 Å². The zero-order valence-corrected chi connectivity index (χ0v) is 17.4. The Morgan fingerprint density at radius 1 is 1.15 bits per heavy atom. The second-order valence-corrected chi connectivity index (χ2v) is 11.4. The number of halogens is 1. The predicted octanol–water partition coefficient (Wildman–Crippen LogP) is 3.52. The third-order valence-electron chi connectivity index (χ3n) is 5.60. The molecule has 8 heteroatoms. The van der Waals surface area contributed by atoms with Gasteiger partial charge in [0.25, 0.3) is 5.91 Å². The van der Waals surface area contributed by atoms with E-state index in [9.17, 15) is 13.2 Å². The highest BCUT2D eigenvalue weighted by Crippen LogP contribution is 2.39. The van der Waals surface area contributed by atoms with Crippen LogP contribution in [0.15, 0.2) is 29.3 Å². The first-order valence-electron chi connectivity index (χ1n) is 9.42. The van der Waals surface area contributed by atoms with Crippen molar-refractivity contribution in [3.8, 4) is 0 Å². The average molecular weight is 427 g/mol. The van der Waals surface area contributed by atoms with E-state index < -0.39 is 9.84 Å². The number of benzene rings is 1. The molecule has 2 aliphatic heterocycles. The molecule has 0 radical (unpaired) electrons. The maximum atomic E-state index is 12.7. The number of rotatable bonds is 3. The van der Waals surface area contributed by atoms with Crippen molar-refractivity contribution in [3.05, 3.63) is 34.9 Å². The molecule has 2 saturated heterocycles. The quantitative estimate of drug-likeness (QED) is 0.739. The number of hydrogen-bond acceptors (Lipinski definition) is 4. The topological polar surface area (TPSA) is 66.8 Å². The molecular weight excluding hydrogens is 404 g/mol. The molecule has 2 atom stereocenters. The van der Waals surface area contributed by atoms with Gasteiger partial charge in [-0.3, -0.25) is 4.79 Å². The smallest absolute Gasteiger partial charge is 0.251 e. The summed E-state index contributed by atoms with van der Waals surface area (Å²) in [4.78, 5) is 19.2. The van der Waals surface area contributed by atoms with E-state index in [0.29, 0.717) is 16.7 Å². The third-order valence-corrected chi connectivity index (χ3v) is 9.10. The van der Waals surface area contributed by atoms with Crippen molar-refractivity contribution in [1.82, 2.24) is 4.90 Å². The van der Waals surface area contributed by atoms with Crippen molar-refractivity contribution in [3.63, 3.8) is 0 Å². The van der Waals surface area contributed by atoms with Crippen LogP contribution in [0.1, 0.15) is 37.7 Å². The predicted molar refractivity (Wildman–Crippen MR) is 110 cm³/mol. The van der Waals surface area contributed by atoms with E-state index in [-0.39, 0.29) is 34.6 Å². The van der Waals surface area contributed by atoms with Crippen molar-refractivity contribution in [2.45, 2.75) is 49.9 Å². The minimum absolute atomic E-state index is 0.0217. The molecule has 3 fully saturated rings. The number of aliphatic imine (C=N–C) groups is 1. The largest absolute Gasteiger partial charge is 0.342 e. The van der Waals surface area contributed by atoms with Crippen LogP contribution in [0.3, 0.4) is 0 Å². The van der Waals surface area contributed by atoms with Gasteiger partial charge in [0.05, 0.1) is 17.5 Å². The first kappa shape index (κ1) is 19.3. The van der Waals surface area contributed by atoms with Crippen LogP contribution in [-0.2, 0) is 21.2 Å². The summed E-state index contributed by atoms with van der Waals surface area (Å²) in [6, 6.07) is 7.41. The van der Waals surface area contributed by atoms with Crippen LogP contribution >= 0.6 is 23.4 Å². The van der Waals surface area contributed by atoms with Crippen LogP contribution in [0.2, 0.25) is 5.02 Å². The second kappa shape index (κ2) is 7.76. The Balaban J connectivity index is 1.58. The molecule has 2 heterocycles. The minimum Gasteiger partial charge on any atom is -0.342 e. The summed E-state index contributed by atoms with van der Waals surface area (Å²) >= 11 is 7.43. The van der Waals surface area contributed by atoms with Crippen molar-refractivity contribution >= 4 is 44.3 Å². The molecule has 0 spiro atoms. The van der Waals surface area contributed by atoms with E-state index in [1.54, 1.807) is 0 Å². The Bertz CT molecular complexity index is 848. The molecule has 0 aromatic heterocycles. The number of carbonyl (C=O) groups is 1. The van der Waals surface area contributed by atoms with Gasteiger partial charge in [-0.2, -0.15) is 4.99 Å². The molecule has 1 aliphatic carbocycles. The van der Waals surface area contributed by atoms with Crippen LogP contribution in [-0.4, -0.2) is 47.2 Å². The van der Waals surface area contributed by atoms with Crippen LogP contribution < -0.4 is 0 Å². The number of carbonyl (C=O) groups excluding carboxylic acids is 1. The van der Waals surface area contributed by atoms with Crippen molar-refractivity contribution in [2.75, 3.05) is 11.5 Å². The summed E-state index contributed by atoms with van der Waals surface area (Å²) in [6.07, 6.45) is 5.20. The Morgan fingerprint density at radius 2 is 1.85 bits per heavy atom. The monoisotopic (exact) mass is 426 g/mol.